The van der Waals surface area contributed by atoms with E-state index < -0.39 is 12.5 Å². The maximum absolute atomic E-state index is 12.2. The largest absolute Gasteiger partial charge is 0.434 e. The molecule has 0 radical (unpaired) electrons. The summed E-state index contributed by atoms with van der Waals surface area (Å²) >= 11 is 0. The number of hydrogen-bond acceptors (Lipinski definition) is 3. The lowest BCUT2D eigenvalue weighted by molar-refractivity contribution is -0.117. The van der Waals surface area contributed by atoms with Gasteiger partial charge in [0, 0.05) is 11.6 Å². The molecule has 1 atom stereocenters. The van der Waals surface area contributed by atoms with E-state index in [1.165, 1.54) is 6.07 Å². The van der Waals surface area contributed by atoms with Gasteiger partial charge in [-0.2, -0.15) is 8.78 Å². The lowest BCUT2D eigenvalue weighted by Gasteiger charge is -2.17. The van der Waals surface area contributed by atoms with Crippen LogP contribution in [0, 0.1) is 0 Å². The van der Waals surface area contributed by atoms with E-state index in [4.69, 9.17) is 5.73 Å². The first-order valence-electron chi connectivity index (χ1n) is 5.06. The van der Waals surface area contributed by atoms with Gasteiger partial charge in [-0.25, -0.2) is 0 Å². The Morgan fingerprint density at radius 2 is 2.12 bits per heavy atom. The van der Waals surface area contributed by atoms with Crippen molar-refractivity contribution in [3.8, 4) is 5.75 Å². The summed E-state index contributed by atoms with van der Waals surface area (Å²) < 4.78 is 28.7. The van der Waals surface area contributed by atoms with Crippen LogP contribution in [0.25, 0.3) is 0 Å². The number of para-hydroxylation sites is 1. The van der Waals surface area contributed by atoms with Gasteiger partial charge in [-0.15, -0.1) is 0 Å². The van der Waals surface area contributed by atoms with Crippen molar-refractivity contribution in [2.45, 2.75) is 19.6 Å². The Labute approximate surface area is 97.8 Å². The lowest BCUT2D eigenvalue weighted by Crippen LogP contribution is -2.30. The standard InChI is InChI=1S/C11H14F2N2O2/c1-7(15-6-10(14)16)8-4-2-3-5-9(8)17-11(12)13/h2-5,7,11,15H,6H2,1H3,(H2,14,16). The highest BCUT2D eigenvalue weighted by molar-refractivity contribution is 5.75. The van der Waals surface area contributed by atoms with Crippen molar-refractivity contribution in [2.75, 3.05) is 6.54 Å². The van der Waals surface area contributed by atoms with Gasteiger partial charge in [0.2, 0.25) is 5.91 Å². The zero-order valence-corrected chi connectivity index (χ0v) is 9.32. The Morgan fingerprint density at radius 3 is 2.71 bits per heavy atom. The maximum atomic E-state index is 12.2. The lowest BCUT2D eigenvalue weighted by atomic mass is 10.1. The molecule has 1 aromatic rings. The summed E-state index contributed by atoms with van der Waals surface area (Å²) in [5, 5.41) is 2.81. The molecule has 1 aromatic carbocycles. The fourth-order valence-electron chi connectivity index (χ4n) is 1.41. The van der Waals surface area contributed by atoms with Crippen LogP contribution < -0.4 is 15.8 Å². The van der Waals surface area contributed by atoms with Gasteiger partial charge >= 0.3 is 6.61 Å². The fourth-order valence-corrected chi connectivity index (χ4v) is 1.41. The number of primary amides is 1. The number of amides is 1. The Balaban J connectivity index is 2.77. The van der Waals surface area contributed by atoms with Crippen LogP contribution in [0.15, 0.2) is 24.3 Å². The van der Waals surface area contributed by atoms with Crippen LogP contribution in [-0.2, 0) is 4.79 Å². The van der Waals surface area contributed by atoms with Crippen molar-refractivity contribution >= 4 is 5.91 Å². The van der Waals surface area contributed by atoms with E-state index in [1.54, 1.807) is 25.1 Å². The predicted octanol–water partition coefficient (Wildman–Crippen LogP) is 1.42. The van der Waals surface area contributed by atoms with Crippen LogP contribution in [0.2, 0.25) is 0 Å². The highest BCUT2D eigenvalue weighted by Gasteiger charge is 2.14. The van der Waals surface area contributed by atoms with Gasteiger partial charge in [-0.05, 0) is 13.0 Å². The van der Waals surface area contributed by atoms with Gasteiger partial charge in [0.25, 0.3) is 0 Å². The van der Waals surface area contributed by atoms with Crippen molar-refractivity contribution in [3.05, 3.63) is 29.8 Å². The molecular formula is C11H14F2N2O2. The van der Waals surface area contributed by atoms with Gasteiger partial charge in [0.1, 0.15) is 5.75 Å². The van der Waals surface area contributed by atoms with Crippen molar-refractivity contribution in [1.29, 1.82) is 0 Å². The van der Waals surface area contributed by atoms with Crippen molar-refractivity contribution in [2.24, 2.45) is 5.73 Å². The zero-order chi connectivity index (χ0) is 12.8. The van der Waals surface area contributed by atoms with E-state index in [-0.39, 0.29) is 18.3 Å². The Kier molecular flexibility index (Phi) is 4.84. The summed E-state index contributed by atoms with van der Waals surface area (Å²) in [6.07, 6.45) is 0. The molecule has 0 spiro atoms. The van der Waals surface area contributed by atoms with E-state index in [0.717, 1.165) is 0 Å². The number of benzene rings is 1. The van der Waals surface area contributed by atoms with Gasteiger partial charge in [0.05, 0.1) is 6.54 Å². The molecule has 0 bridgehead atoms. The smallest absolute Gasteiger partial charge is 0.387 e. The Bertz CT molecular complexity index is 385. The zero-order valence-electron chi connectivity index (χ0n) is 9.32. The number of carbonyl (C=O) groups is 1. The average molecular weight is 244 g/mol. The molecule has 1 unspecified atom stereocenters. The molecule has 4 nitrogen and oxygen atoms in total. The SMILES string of the molecule is CC(NCC(N)=O)c1ccccc1OC(F)F. The molecule has 0 saturated heterocycles. The minimum absolute atomic E-state index is 0.0236. The molecule has 0 aromatic heterocycles. The van der Waals surface area contributed by atoms with Crippen molar-refractivity contribution in [3.63, 3.8) is 0 Å². The second-order valence-electron chi connectivity index (χ2n) is 3.49. The highest BCUT2D eigenvalue weighted by atomic mass is 19.3. The third kappa shape index (κ3) is 4.36. The molecule has 0 fully saturated rings. The number of halogens is 2. The Morgan fingerprint density at radius 1 is 1.47 bits per heavy atom. The van der Waals surface area contributed by atoms with Crippen molar-refractivity contribution in [1.82, 2.24) is 5.32 Å². The molecule has 94 valence electrons. The molecule has 17 heavy (non-hydrogen) atoms. The van der Waals surface area contributed by atoms with E-state index >= 15 is 0 Å². The molecule has 3 N–H and O–H groups in total. The first-order chi connectivity index (χ1) is 8.00. The highest BCUT2D eigenvalue weighted by Crippen LogP contribution is 2.25. The van der Waals surface area contributed by atoms with Gasteiger partial charge in [0.15, 0.2) is 0 Å². The van der Waals surface area contributed by atoms with Gasteiger partial charge in [-0.1, -0.05) is 18.2 Å². The van der Waals surface area contributed by atoms with Crippen LogP contribution in [-0.4, -0.2) is 19.1 Å². The number of rotatable bonds is 6. The number of carbonyl (C=O) groups excluding carboxylic acids is 1. The van der Waals surface area contributed by atoms with Crippen LogP contribution in [0.1, 0.15) is 18.5 Å². The van der Waals surface area contributed by atoms with E-state index in [9.17, 15) is 13.6 Å². The predicted molar refractivity (Wildman–Crippen MR) is 58.7 cm³/mol. The summed E-state index contributed by atoms with van der Waals surface area (Å²) in [5.41, 5.74) is 5.53. The second kappa shape index (κ2) is 6.15. The molecule has 1 rings (SSSR count). The normalized spacial score (nSPS) is 12.5. The molecular weight excluding hydrogens is 230 g/mol. The summed E-state index contributed by atoms with van der Waals surface area (Å²) in [7, 11) is 0. The van der Waals surface area contributed by atoms with Crippen molar-refractivity contribution < 1.29 is 18.3 Å². The number of ether oxygens (including phenoxy) is 1. The third-order valence-corrected chi connectivity index (χ3v) is 2.18. The molecule has 0 aliphatic carbocycles. The number of nitrogens with two attached hydrogens (primary N) is 1. The topological polar surface area (TPSA) is 64.3 Å². The van der Waals surface area contributed by atoms with E-state index in [0.29, 0.717) is 5.56 Å². The Hall–Kier alpha value is -1.69. The fraction of sp³-hybridized carbons (Fsp3) is 0.364. The molecule has 0 saturated carbocycles. The van der Waals surface area contributed by atoms with Crippen LogP contribution in [0.3, 0.4) is 0 Å². The van der Waals surface area contributed by atoms with Gasteiger partial charge < -0.3 is 15.8 Å². The summed E-state index contributed by atoms with van der Waals surface area (Å²) in [5.74, 6) is -0.420. The number of alkyl halides is 2. The number of hydrogen-bond donors (Lipinski definition) is 2. The number of nitrogens with one attached hydrogen (secondary N) is 1. The first-order valence-corrected chi connectivity index (χ1v) is 5.06. The summed E-state index contributed by atoms with van der Waals surface area (Å²) in [6, 6.07) is 6.09. The van der Waals surface area contributed by atoms with Gasteiger partial charge in [-0.3, -0.25) is 4.79 Å². The molecule has 0 aliphatic heterocycles. The van der Waals surface area contributed by atoms with Crippen LogP contribution >= 0.6 is 0 Å². The van der Waals surface area contributed by atoms with E-state index in [2.05, 4.69) is 10.1 Å². The third-order valence-electron chi connectivity index (χ3n) is 2.18. The monoisotopic (exact) mass is 244 g/mol. The summed E-state index contributed by atoms with van der Waals surface area (Å²) in [4.78, 5) is 10.6. The quantitative estimate of drug-likeness (QED) is 0.795. The van der Waals surface area contributed by atoms with Crippen LogP contribution in [0.4, 0.5) is 8.78 Å². The maximum Gasteiger partial charge on any atom is 0.387 e. The minimum Gasteiger partial charge on any atom is -0.434 e. The van der Waals surface area contributed by atoms with E-state index in [1.807, 2.05) is 0 Å². The minimum atomic E-state index is -2.88. The molecule has 0 heterocycles. The average Bonchev–Trinajstić information content (AvgIpc) is 2.25. The first kappa shape index (κ1) is 13.4. The van der Waals surface area contributed by atoms with Crippen LogP contribution in [0.5, 0.6) is 5.75 Å². The molecule has 0 aliphatic rings. The molecule has 6 heteroatoms. The second-order valence-corrected chi connectivity index (χ2v) is 3.49. The summed E-state index contributed by atoms with van der Waals surface area (Å²) in [6.45, 7) is -1.17. The molecule has 1 amide bonds.